The maximum atomic E-state index is 13.1. The van der Waals surface area contributed by atoms with Crippen molar-refractivity contribution in [3.63, 3.8) is 0 Å². The number of nitrogen functional groups attached to an aromatic ring is 1. The molecule has 1 heterocycles. The van der Waals surface area contributed by atoms with Crippen molar-refractivity contribution >= 4 is 11.7 Å². The molecule has 1 atom stereocenters. The molecule has 0 saturated carbocycles. The van der Waals surface area contributed by atoms with E-state index in [4.69, 9.17) is 24.8 Å². The summed E-state index contributed by atoms with van der Waals surface area (Å²) < 4.78 is 22.2. The van der Waals surface area contributed by atoms with Gasteiger partial charge >= 0.3 is 0 Å². The van der Waals surface area contributed by atoms with Crippen molar-refractivity contribution in [2.45, 2.75) is 18.9 Å². The highest BCUT2D eigenvalue weighted by atomic mass is 16.5. The number of methoxy groups -OCH3 is 4. The number of carbonyl (C=O) groups is 1. The van der Waals surface area contributed by atoms with E-state index in [0.29, 0.717) is 52.6 Å². The van der Waals surface area contributed by atoms with E-state index in [1.165, 1.54) is 26.5 Å². The second-order valence-corrected chi connectivity index (χ2v) is 8.10. The molecule has 1 aliphatic rings. The van der Waals surface area contributed by atoms with E-state index < -0.39 is 6.04 Å². The molecule has 0 spiro atoms. The van der Waals surface area contributed by atoms with Crippen LogP contribution in [0.5, 0.6) is 23.0 Å². The van der Waals surface area contributed by atoms with Crippen molar-refractivity contribution in [1.82, 2.24) is 10.3 Å². The first-order valence-electron chi connectivity index (χ1n) is 11.2. The fraction of sp³-hybridized carbons (Fsp3) is 0.269. The third kappa shape index (κ3) is 4.50. The molecule has 36 heavy (non-hydrogen) atoms. The van der Waals surface area contributed by atoms with E-state index in [2.05, 4.69) is 15.7 Å². The van der Waals surface area contributed by atoms with Gasteiger partial charge in [0.2, 0.25) is 11.2 Å². The van der Waals surface area contributed by atoms with Gasteiger partial charge in [-0.3, -0.25) is 9.59 Å². The van der Waals surface area contributed by atoms with Crippen LogP contribution in [0.25, 0.3) is 11.1 Å². The minimum absolute atomic E-state index is 0.184. The summed E-state index contributed by atoms with van der Waals surface area (Å²) in [6, 6.07) is 9.56. The number of benzene rings is 1. The normalized spacial score (nSPS) is 14.0. The molecule has 1 amide bonds. The number of hydrogen-bond donors (Lipinski definition) is 3. The van der Waals surface area contributed by atoms with Crippen molar-refractivity contribution in [2.24, 2.45) is 5.84 Å². The molecule has 0 bridgehead atoms. The Hall–Kier alpha value is -4.31. The molecule has 4 rings (SSSR count). The van der Waals surface area contributed by atoms with Crippen LogP contribution in [0.15, 0.2) is 47.4 Å². The third-order valence-electron chi connectivity index (χ3n) is 6.20. The minimum atomic E-state index is -0.487. The number of amides is 1. The number of hydrogen-bond acceptors (Lipinski definition) is 9. The number of pyridine rings is 1. The van der Waals surface area contributed by atoms with Gasteiger partial charge in [-0.15, -0.1) is 0 Å². The molecule has 2 aromatic carbocycles. The number of anilines is 1. The van der Waals surface area contributed by atoms with Crippen LogP contribution < -0.4 is 41.0 Å². The lowest BCUT2D eigenvalue weighted by molar-refractivity contribution is 0.0934. The van der Waals surface area contributed by atoms with E-state index in [1.807, 2.05) is 6.07 Å². The molecule has 0 aliphatic heterocycles. The van der Waals surface area contributed by atoms with Gasteiger partial charge in [0, 0.05) is 11.8 Å². The van der Waals surface area contributed by atoms with Crippen LogP contribution in [0.2, 0.25) is 0 Å². The van der Waals surface area contributed by atoms with Crippen LogP contribution in [0.3, 0.4) is 0 Å². The topological polar surface area (TPSA) is 134 Å². The average molecular weight is 493 g/mol. The summed E-state index contributed by atoms with van der Waals surface area (Å²) in [5, 5.41) is 3.06. The maximum absolute atomic E-state index is 13.1. The summed E-state index contributed by atoms with van der Waals surface area (Å²) in [4.78, 5) is 30.2. The summed E-state index contributed by atoms with van der Waals surface area (Å²) in [6.07, 6.45) is 2.53. The standard InChI is InChI=1S/C26H28N4O6/c1-33-20-9-7-16-17(12-19(20)31)18(29-26(32)15-6-10-22(30-27)28-13-15)8-5-14-11-21(34-2)24(35-3)25(36-4)23(14)16/h6-7,9-13,18H,5,8,27H2,1-4H3,(H,28,30)(H,29,32)/t18-/m0/s1. The molecule has 0 radical (unpaired) electrons. The summed E-state index contributed by atoms with van der Waals surface area (Å²) in [5.41, 5.74) is 5.53. The summed E-state index contributed by atoms with van der Waals surface area (Å²) >= 11 is 0. The van der Waals surface area contributed by atoms with E-state index in [-0.39, 0.29) is 17.1 Å². The summed E-state index contributed by atoms with van der Waals surface area (Å²) in [5.74, 6) is 7.10. The van der Waals surface area contributed by atoms with Crippen LogP contribution in [0.1, 0.15) is 33.9 Å². The predicted octanol–water partition coefficient (Wildman–Crippen LogP) is 2.85. The summed E-state index contributed by atoms with van der Waals surface area (Å²) in [7, 11) is 6.09. The Morgan fingerprint density at radius 2 is 1.72 bits per heavy atom. The van der Waals surface area contributed by atoms with Gasteiger partial charge in [-0.2, -0.15) is 0 Å². The number of hydrazine groups is 1. The second kappa shape index (κ2) is 10.5. The van der Waals surface area contributed by atoms with Gasteiger partial charge in [0.15, 0.2) is 17.2 Å². The van der Waals surface area contributed by atoms with Gasteiger partial charge in [-0.05, 0) is 59.9 Å². The van der Waals surface area contributed by atoms with Crippen molar-refractivity contribution in [2.75, 3.05) is 33.9 Å². The molecule has 4 N–H and O–H groups in total. The Morgan fingerprint density at radius 3 is 2.33 bits per heavy atom. The molecule has 1 aliphatic carbocycles. The van der Waals surface area contributed by atoms with Crippen molar-refractivity contribution in [3.05, 3.63) is 69.5 Å². The van der Waals surface area contributed by atoms with Crippen LogP contribution in [-0.4, -0.2) is 39.3 Å². The van der Waals surface area contributed by atoms with Gasteiger partial charge in [0.1, 0.15) is 5.82 Å². The zero-order chi connectivity index (χ0) is 25.8. The number of aromatic nitrogens is 1. The molecule has 0 fully saturated rings. The number of nitrogens with two attached hydrogens (primary N) is 1. The number of fused-ring (bicyclic) bond motifs is 3. The monoisotopic (exact) mass is 492 g/mol. The van der Waals surface area contributed by atoms with Gasteiger partial charge in [-0.1, -0.05) is 6.07 Å². The third-order valence-corrected chi connectivity index (χ3v) is 6.20. The number of carbonyl (C=O) groups excluding carboxylic acids is 1. The van der Waals surface area contributed by atoms with Crippen molar-refractivity contribution in [1.29, 1.82) is 0 Å². The molecule has 0 unspecified atom stereocenters. The Morgan fingerprint density at radius 1 is 0.972 bits per heavy atom. The Kier molecular flexibility index (Phi) is 7.25. The highest BCUT2D eigenvalue weighted by Crippen LogP contribution is 2.50. The first-order valence-corrected chi connectivity index (χ1v) is 11.2. The SMILES string of the molecule is COc1cc2c(c(OC)c1OC)-c1ccc(OC)c(=O)cc1[C@@H](NC(=O)c1ccc(NN)nc1)CC2. The molecule has 188 valence electrons. The van der Waals surface area contributed by atoms with Gasteiger partial charge in [0.05, 0.1) is 40.0 Å². The van der Waals surface area contributed by atoms with Crippen LogP contribution >= 0.6 is 0 Å². The van der Waals surface area contributed by atoms with Crippen molar-refractivity contribution < 1.29 is 23.7 Å². The van der Waals surface area contributed by atoms with Gasteiger partial charge in [-0.25, -0.2) is 10.8 Å². The lowest BCUT2D eigenvalue weighted by Crippen LogP contribution is -2.29. The van der Waals surface area contributed by atoms with Crippen molar-refractivity contribution in [3.8, 4) is 34.1 Å². The molecular formula is C26H28N4O6. The highest BCUT2D eigenvalue weighted by Gasteiger charge is 2.30. The molecule has 3 aromatic rings. The van der Waals surface area contributed by atoms with Crippen LogP contribution in [0, 0.1) is 0 Å². The number of ether oxygens (including phenoxy) is 4. The Balaban J connectivity index is 1.90. The van der Waals surface area contributed by atoms with E-state index in [0.717, 1.165) is 11.1 Å². The largest absolute Gasteiger partial charge is 0.493 e. The fourth-order valence-electron chi connectivity index (χ4n) is 4.47. The lowest BCUT2D eigenvalue weighted by atomic mass is 9.95. The van der Waals surface area contributed by atoms with E-state index >= 15 is 0 Å². The molecular weight excluding hydrogens is 464 g/mol. The number of rotatable bonds is 7. The van der Waals surface area contributed by atoms with Gasteiger partial charge in [0.25, 0.3) is 5.91 Å². The summed E-state index contributed by atoms with van der Waals surface area (Å²) in [6.45, 7) is 0. The molecule has 1 aromatic heterocycles. The van der Waals surface area contributed by atoms with E-state index in [9.17, 15) is 9.59 Å². The molecule has 10 heteroatoms. The lowest BCUT2D eigenvalue weighted by Gasteiger charge is -2.20. The van der Waals surface area contributed by atoms with E-state index in [1.54, 1.807) is 38.5 Å². The maximum Gasteiger partial charge on any atom is 0.253 e. The fourth-order valence-corrected chi connectivity index (χ4v) is 4.47. The highest BCUT2D eigenvalue weighted by molar-refractivity contribution is 5.94. The van der Waals surface area contributed by atoms with Crippen LogP contribution in [0.4, 0.5) is 5.82 Å². The minimum Gasteiger partial charge on any atom is -0.493 e. The van der Waals surface area contributed by atoms with Gasteiger partial charge < -0.3 is 29.7 Å². The molecule has 10 nitrogen and oxygen atoms in total. The Labute approximate surface area is 208 Å². The number of aryl methyl sites for hydroxylation is 1. The first kappa shape index (κ1) is 24.8. The van der Waals surface area contributed by atoms with Crippen LogP contribution in [-0.2, 0) is 6.42 Å². The molecule has 0 saturated heterocycles. The zero-order valence-electron chi connectivity index (χ0n) is 20.5. The smallest absolute Gasteiger partial charge is 0.253 e. The average Bonchev–Trinajstić information content (AvgIpc) is 3.15. The number of nitrogens with zero attached hydrogens (tertiary/aromatic N) is 1. The Bertz CT molecular complexity index is 1340. The predicted molar refractivity (Wildman–Crippen MR) is 135 cm³/mol. The number of nitrogens with one attached hydrogen (secondary N) is 2. The quantitative estimate of drug-likeness (QED) is 0.336. The zero-order valence-corrected chi connectivity index (χ0v) is 20.5. The second-order valence-electron chi connectivity index (χ2n) is 8.10. The first-order chi connectivity index (χ1) is 17.4.